The summed E-state index contributed by atoms with van der Waals surface area (Å²) < 4.78 is 10.5. The van der Waals surface area contributed by atoms with Gasteiger partial charge in [0.15, 0.2) is 6.10 Å². The van der Waals surface area contributed by atoms with E-state index in [9.17, 15) is 14.4 Å². The topological polar surface area (TPSA) is 76.1 Å². The minimum Gasteiger partial charge on any atom is -0.465 e. The molecule has 0 aromatic heterocycles. The lowest BCUT2D eigenvalue weighted by Crippen LogP contribution is -2.45. The molecule has 1 aliphatic rings. The van der Waals surface area contributed by atoms with Gasteiger partial charge in [0.05, 0.1) is 23.6 Å². The molecular formula is C24H28N2O5S. The molecule has 0 spiro atoms. The summed E-state index contributed by atoms with van der Waals surface area (Å²) in [6, 6.07) is 12.9. The van der Waals surface area contributed by atoms with Crippen molar-refractivity contribution in [3.05, 3.63) is 59.2 Å². The number of rotatable bonds is 6. The molecule has 8 heteroatoms. The lowest BCUT2D eigenvalue weighted by Gasteiger charge is -2.28. The van der Waals surface area contributed by atoms with Crippen molar-refractivity contribution < 1.29 is 23.9 Å². The van der Waals surface area contributed by atoms with Crippen molar-refractivity contribution in [2.45, 2.75) is 30.1 Å². The number of aryl methyl sites for hydroxylation is 1. The van der Waals surface area contributed by atoms with E-state index in [0.717, 1.165) is 16.0 Å². The van der Waals surface area contributed by atoms with Gasteiger partial charge in [0.2, 0.25) is 0 Å². The van der Waals surface area contributed by atoms with Crippen molar-refractivity contribution in [2.75, 3.05) is 39.2 Å². The molecule has 1 amide bonds. The zero-order valence-electron chi connectivity index (χ0n) is 19.0. The van der Waals surface area contributed by atoms with E-state index in [4.69, 9.17) is 9.47 Å². The van der Waals surface area contributed by atoms with Gasteiger partial charge in [-0.1, -0.05) is 29.8 Å². The van der Waals surface area contributed by atoms with Crippen LogP contribution in [0.2, 0.25) is 0 Å². The second-order valence-electron chi connectivity index (χ2n) is 7.95. The molecule has 1 heterocycles. The molecule has 0 bridgehead atoms. The number of carbonyl (C=O) groups excluding carboxylic acids is 3. The summed E-state index contributed by atoms with van der Waals surface area (Å²) in [4.78, 5) is 42.2. The van der Waals surface area contributed by atoms with Crippen molar-refractivity contribution in [3.8, 4) is 0 Å². The smallest absolute Gasteiger partial charge is 0.337 e. The molecule has 0 aliphatic carbocycles. The second-order valence-corrected chi connectivity index (χ2v) is 9.13. The Bertz CT molecular complexity index is 1010. The number of hydrogen-bond donors (Lipinski definition) is 0. The van der Waals surface area contributed by atoms with Crippen molar-refractivity contribution in [2.24, 2.45) is 0 Å². The molecule has 170 valence electrons. The highest BCUT2D eigenvalue weighted by Gasteiger charge is 2.41. The van der Waals surface area contributed by atoms with Crippen LogP contribution in [-0.4, -0.2) is 63.1 Å². The number of fused-ring (bicyclic) bond motifs is 1. The number of amides is 1. The molecule has 2 aromatic carbocycles. The number of hydrogen-bond acceptors (Lipinski definition) is 7. The highest BCUT2D eigenvalue weighted by Crippen LogP contribution is 2.47. The fourth-order valence-electron chi connectivity index (χ4n) is 3.50. The molecule has 0 fully saturated rings. The summed E-state index contributed by atoms with van der Waals surface area (Å²) in [7, 11) is 5.19. The lowest BCUT2D eigenvalue weighted by atomic mass is 10.0. The number of esters is 2. The molecule has 0 saturated carbocycles. The molecule has 7 nitrogen and oxygen atoms in total. The predicted octanol–water partition coefficient (Wildman–Crippen LogP) is 3.45. The van der Waals surface area contributed by atoms with Gasteiger partial charge in [-0.2, -0.15) is 0 Å². The van der Waals surface area contributed by atoms with Crippen LogP contribution in [0.25, 0.3) is 0 Å². The summed E-state index contributed by atoms with van der Waals surface area (Å²) in [6.45, 7) is 4.33. The molecule has 0 radical (unpaired) electrons. The van der Waals surface area contributed by atoms with Crippen LogP contribution in [0.1, 0.15) is 33.7 Å². The third-order valence-corrected chi connectivity index (χ3v) is 6.53. The maximum absolute atomic E-state index is 13.7. The van der Waals surface area contributed by atoms with Crippen LogP contribution in [0.3, 0.4) is 0 Å². The van der Waals surface area contributed by atoms with Crippen LogP contribution < -0.4 is 4.90 Å². The minimum atomic E-state index is -1.00. The first-order valence-corrected chi connectivity index (χ1v) is 11.2. The number of nitrogens with zero attached hydrogens (tertiary/aromatic N) is 2. The van der Waals surface area contributed by atoms with Crippen molar-refractivity contribution in [3.63, 3.8) is 0 Å². The van der Waals surface area contributed by atoms with E-state index >= 15 is 0 Å². The van der Waals surface area contributed by atoms with Gasteiger partial charge in [0.1, 0.15) is 0 Å². The van der Waals surface area contributed by atoms with Crippen LogP contribution in [-0.2, 0) is 19.1 Å². The Morgan fingerprint density at radius 1 is 1.12 bits per heavy atom. The summed E-state index contributed by atoms with van der Waals surface area (Å²) in [5.41, 5.74) is 3.03. The SMILES string of the molecule is COC(=O)c1ccc2c(c1)S[C@@H](c1ccc(C)cc1)[C@@H](OC(C)=O)C(=O)N2CCN(C)C. The Morgan fingerprint density at radius 3 is 2.41 bits per heavy atom. The average Bonchev–Trinajstić information content (AvgIpc) is 2.86. The fraction of sp³-hybridized carbons (Fsp3) is 0.375. The van der Waals surface area contributed by atoms with Crippen molar-refractivity contribution >= 4 is 35.3 Å². The molecule has 2 aromatic rings. The van der Waals surface area contributed by atoms with Crippen molar-refractivity contribution in [1.29, 1.82) is 0 Å². The molecule has 3 rings (SSSR count). The zero-order chi connectivity index (χ0) is 23.4. The van der Waals surface area contributed by atoms with E-state index in [0.29, 0.717) is 24.3 Å². The van der Waals surface area contributed by atoms with Gasteiger partial charge in [-0.15, -0.1) is 11.8 Å². The number of thioether (sulfide) groups is 1. The standard InChI is InChI=1S/C24H28N2O5S/c1-15-6-8-17(9-7-15)22-21(31-16(2)27)23(28)26(13-12-25(3)4)19-11-10-18(24(29)30-5)14-20(19)32-22/h6-11,14,21-22H,12-13H2,1-5H3/t21-,22+/m1/s1. The van der Waals surface area contributed by atoms with E-state index in [1.807, 2.05) is 50.2 Å². The largest absolute Gasteiger partial charge is 0.465 e. The van der Waals surface area contributed by atoms with E-state index in [1.54, 1.807) is 23.1 Å². The highest BCUT2D eigenvalue weighted by molar-refractivity contribution is 7.99. The minimum absolute atomic E-state index is 0.287. The number of likely N-dealkylation sites (N-methyl/N-ethyl adjacent to an activating group) is 1. The van der Waals surface area contributed by atoms with Gasteiger partial charge in [-0.05, 0) is 44.8 Å². The summed E-state index contributed by atoms with van der Waals surface area (Å²) in [5, 5.41) is -0.469. The number of anilines is 1. The van der Waals surface area contributed by atoms with Crippen LogP contribution in [0.4, 0.5) is 5.69 Å². The molecule has 32 heavy (non-hydrogen) atoms. The predicted molar refractivity (Wildman–Crippen MR) is 124 cm³/mol. The van der Waals surface area contributed by atoms with Crippen LogP contribution in [0, 0.1) is 6.92 Å². The quantitative estimate of drug-likeness (QED) is 0.616. The van der Waals surface area contributed by atoms with Gasteiger partial charge in [-0.3, -0.25) is 9.59 Å². The Hall–Kier alpha value is -2.84. The fourth-order valence-corrected chi connectivity index (χ4v) is 4.85. The van der Waals surface area contributed by atoms with E-state index in [2.05, 4.69) is 0 Å². The normalized spacial score (nSPS) is 18.2. The monoisotopic (exact) mass is 456 g/mol. The molecule has 0 saturated heterocycles. The highest BCUT2D eigenvalue weighted by atomic mass is 32.2. The molecule has 1 aliphatic heterocycles. The molecule has 0 unspecified atom stereocenters. The Morgan fingerprint density at radius 2 is 1.81 bits per heavy atom. The Kier molecular flexibility index (Phi) is 7.58. The molecule has 2 atom stereocenters. The summed E-state index contributed by atoms with van der Waals surface area (Å²) in [6.07, 6.45) is -1.00. The van der Waals surface area contributed by atoms with Crippen molar-refractivity contribution in [1.82, 2.24) is 4.90 Å². The van der Waals surface area contributed by atoms with E-state index < -0.39 is 23.3 Å². The maximum Gasteiger partial charge on any atom is 0.337 e. The second kappa shape index (κ2) is 10.2. The first-order valence-electron chi connectivity index (χ1n) is 10.3. The maximum atomic E-state index is 13.7. The third-order valence-electron chi connectivity index (χ3n) is 5.18. The first kappa shape index (κ1) is 23.8. The number of methoxy groups -OCH3 is 1. The van der Waals surface area contributed by atoms with Gasteiger partial charge in [0.25, 0.3) is 5.91 Å². The summed E-state index contributed by atoms with van der Waals surface area (Å²) >= 11 is 1.41. The van der Waals surface area contributed by atoms with Gasteiger partial charge in [-0.25, -0.2) is 4.79 Å². The number of ether oxygens (including phenoxy) is 2. The average molecular weight is 457 g/mol. The van der Waals surface area contributed by atoms with Gasteiger partial charge < -0.3 is 19.3 Å². The number of benzene rings is 2. The molecule has 0 N–H and O–H groups in total. The number of carbonyl (C=O) groups is 3. The van der Waals surface area contributed by atoms with E-state index in [-0.39, 0.29) is 5.91 Å². The van der Waals surface area contributed by atoms with Gasteiger partial charge >= 0.3 is 11.9 Å². The Labute approximate surface area is 192 Å². The van der Waals surface area contributed by atoms with Crippen LogP contribution in [0.15, 0.2) is 47.4 Å². The third kappa shape index (κ3) is 5.31. The Balaban J connectivity index is 2.15. The summed E-state index contributed by atoms with van der Waals surface area (Å²) in [5.74, 6) is -1.26. The van der Waals surface area contributed by atoms with E-state index in [1.165, 1.54) is 25.8 Å². The van der Waals surface area contributed by atoms with Crippen LogP contribution >= 0.6 is 11.8 Å². The zero-order valence-corrected chi connectivity index (χ0v) is 19.8. The first-order chi connectivity index (χ1) is 15.2. The lowest BCUT2D eigenvalue weighted by molar-refractivity contribution is -0.152. The van der Waals surface area contributed by atoms with Crippen LogP contribution in [0.5, 0.6) is 0 Å². The molecular weight excluding hydrogens is 428 g/mol. The van der Waals surface area contributed by atoms with Gasteiger partial charge in [0, 0.05) is 24.9 Å².